The van der Waals surface area contributed by atoms with Gasteiger partial charge in [0.2, 0.25) is 5.91 Å². The summed E-state index contributed by atoms with van der Waals surface area (Å²) in [5.41, 5.74) is 3.57. The monoisotopic (exact) mass is 412 g/mol. The molecule has 2 aromatic heterocycles. The van der Waals surface area contributed by atoms with Gasteiger partial charge in [-0.3, -0.25) is 14.7 Å². The Balaban J connectivity index is 1.66. The lowest BCUT2D eigenvalue weighted by Crippen LogP contribution is -2.26. The number of carbonyl (C=O) groups is 1. The molecular formula is C22H28N4O4. The first-order valence-electron chi connectivity index (χ1n) is 10.1. The van der Waals surface area contributed by atoms with Crippen molar-refractivity contribution in [1.29, 1.82) is 0 Å². The molecule has 0 aliphatic rings. The Morgan fingerprint density at radius 2 is 2.03 bits per heavy atom. The first-order valence-corrected chi connectivity index (χ1v) is 10.1. The highest BCUT2D eigenvalue weighted by molar-refractivity contribution is 5.79. The number of aryl methyl sites for hydroxylation is 2. The lowest BCUT2D eigenvalue weighted by Gasteiger charge is -2.13. The Hall–Kier alpha value is -3.29. The summed E-state index contributed by atoms with van der Waals surface area (Å²) in [5.74, 6) is 1.22. The molecule has 0 radical (unpaired) electrons. The molecular weight excluding hydrogens is 384 g/mol. The number of fused-ring (bicyclic) bond motifs is 1. The standard InChI is InChI=1S/C22H28N4O4/c1-5-6-9-30-18-8-7-16(10-19(18)29-4)13-23-21(27)11-17-14(2)24-20-12-22(28)25-26(20)15(17)3/h7-8,10,12H,5-6,9,11,13H2,1-4H3,(H,23,27)(H,25,28). The Kier molecular flexibility index (Phi) is 6.76. The van der Waals surface area contributed by atoms with Crippen LogP contribution in [0.2, 0.25) is 0 Å². The molecule has 3 aromatic rings. The van der Waals surface area contributed by atoms with Gasteiger partial charge in [0, 0.05) is 29.6 Å². The van der Waals surface area contributed by atoms with E-state index < -0.39 is 0 Å². The topological polar surface area (TPSA) is 97.7 Å². The molecule has 0 saturated heterocycles. The van der Waals surface area contributed by atoms with Crippen molar-refractivity contribution in [1.82, 2.24) is 19.9 Å². The zero-order valence-electron chi connectivity index (χ0n) is 17.9. The van der Waals surface area contributed by atoms with E-state index in [1.165, 1.54) is 6.07 Å². The molecule has 1 aromatic carbocycles. The summed E-state index contributed by atoms with van der Waals surface area (Å²) in [6, 6.07) is 7.09. The highest BCUT2D eigenvalue weighted by atomic mass is 16.5. The number of hydrogen-bond acceptors (Lipinski definition) is 5. The van der Waals surface area contributed by atoms with Gasteiger partial charge in [-0.15, -0.1) is 0 Å². The number of H-pyrrole nitrogens is 1. The van der Waals surface area contributed by atoms with Gasteiger partial charge in [0.25, 0.3) is 5.56 Å². The largest absolute Gasteiger partial charge is 0.493 e. The number of ether oxygens (including phenoxy) is 2. The molecule has 30 heavy (non-hydrogen) atoms. The Morgan fingerprint density at radius 1 is 1.23 bits per heavy atom. The van der Waals surface area contributed by atoms with Gasteiger partial charge in [-0.25, -0.2) is 9.50 Å². The van der Waals surface area contributed by atoms with Crippen LogP contribution in [0.25, 0.3) is 5.65 Å². The Labute approximate surface area is 175 Å². The number of amides is 1. The van der Waals surface area contributed by atoms with Crippen LogP contribution in [0.5, 0.6) is 11.5 Å². The number of nitrogens with one attached hydrogen (secondary N) is 2. The lowest BCUT2D eigenvalue weighted by molar-refractivity contribution is -0.120. The average molecular weight is 412 g/mol. The van der Waals surface area contributed by atoms with Crippen LogP contribution in [-0.4, -0.2) is 34.2 Å². The van der Waals surface area contributed by atoms with Gasteiger partial charge in [-0.2, -0.15) is 0 Å². The maximum Gasteiger partial charge on any atom is 0.266 e. The number of rotatable bonds is 9. The number of methoxy groups -OCH3 is 1. The summed E-state index contributed by atoms with van der Waals surface area (Å²) in [5, 5.41) is 5.64. The maximum atomic E-state index is 12.6. The highest BCUT2D eigenvalue weighted by Gasteiger charge is 2.14. The van der Waals surface area contributed by atoms with E-state index in [9.17, 15) is 9.59 Å². The second-order valence-electron chi connectivity index (χ2n) is 7.22. The minimum absolute atomic E-state index is 0.126. The van der Waals surface area contributed by atoms with E-state index in [-0.39, 0.29) is 17.9 Å². The summed E-state index contributed by atoms with van der Waals surface area (Å²) in [6.45, 7) is 6.84. The molecule has 0 saturated carbocycles. The molecule has 8 heteroatoms. The molecule has 8 nitrogen and oxygen atoms in total. The van der Waals surface area contributed by atoms with Gasteiger partial charge >= 0.3 is 0 Å². The van der Waals surface area contributed by atoms with Crippen molar-refractivity contribution in [3.8, 4) is 11.5 Å². The second kappa shape index (κ2) is 9.47. The van der Waals surface area contributed by atoms with Crippen molar-refractivity contribution >= 4 is 11.6 Å². The highest BCUT2D eigenvalue weighted by Crippen LogP contribution is 2.28. The van der Waals surface area contributed by atoms with Crippen molar-refractivity contribution in [2.45, 2.75) is 46.6 Å². The number of benzene rings is 1. The molecule has 2 N–H and O–H groups in total. The molecule has 1 amide bonds. The lowest BCUT2D eigenvalue weighted by atomic mass is 10.1. The van der Waals surface area contributed by atoms with Crippen molar-refractivity contribution < 1.29 is 14.3 Å². The smallest absolute Gasteiger partial charge is 0.266 e. The van der Waals surface area contributed by atoms with Crippen LogP contribution in [0.15, 0.2) is 29.1 Å². The van der Waals surface area contributed by atoms with Gasteiger partial charge in [-0.05, 0) is 38.0 Å². The Morgan fingerprint density at radius 3 is 2.77 bits per heavy atom. The first-order chi connectivity index (χ1) is 14.4. The van der Waals surface area contributed by atoms with Crippen molar-refractivity contribution in [3.05, 3.63) is 57.1 Å². The molecule has 0 unspecified atom stereocenters. The fourth-order valence-electron chi connectivity index (χ4n) is 3.30. The summed E-state index contributed by atoms with van der Waals surface area (Å²) >= 11 is 0. The van der Waals surface area contributed by atoms with E-state index in [0.29, 0.717) is 30.3 Å². The third-order valence-corrected chi connectivity index (χ3v) is 5.01. The molecule has 0 fully saturated rings. The predicted molar refractivity (Wildman–Crippen MR) is 114 cm³/mol. The third kappa shape index (κ3) is 4.82. The molecule has 0 spiro atoms. The number of aromatic nitrogens is 3. The van der Waals surface area contributed by atoms with Crippen molar-refractivity contribution in [2.75, 3.05) is 13.7 Å². The summed E-state index contributed by atoms with van der Waals surface area (Å²) in [4.78, 5) is 28.5. The maximum absolute atomic E-state index is 12.6. The minimum atomic E-state index is -0.220. The van der Waals surface area contributed by atoms with Crippen LogP contribution in [0.3, 0.4) is 0 Å². The van der Waals surface area contributed by atoms with E-state index in [4.69, 9.17) is 9.47 Å². The summed E-state index contributed by atoms with van der Waals surface area (Å²) in [6.07, 6.45) is 2.22. The minimum Gasteiger partial charge on any atom is -0.493 e. The molecule has 0 atom stereocenters. The normalized spacial score (nSPS) is 10.9. The average Bonchev–Trinajstić information content (AvgIpc) is 3.10. The molecule has 3 rings (SSSR count). The van der Waals surface area contributed by atoms with Crippen LogP contribution >= 0.6 is 0 Å². The number of nitrogens with zero attached hydrogens (tertiary/aromatic N) is 2. The van der Waals surface area contributed by atoms with Crippen LogP contribution in [-0.2, 0) is 17.8 Å². The van der Waals surface area contributed by atoms with Crippen molar-refractivity contribution in [2.24, 2.45) is 0 Å². The predicted octanol–water partition coefficient (Wildman–Crippen LogP) is 2.69. The zero-order chi connectivity index (χ0) is 21.7. The molecule has 0 aliphatic heterocycles. The van der Waals surface area contributed by atoms with Crippen LogP contribution in [0, 0.1) is 13.8 Å². The Bertz CT molecular complexity index is 1100. The van der Waals surface area contributed by atoms with Gasteiger partial charge < -0.3 is 14.8 Å². The van der Waals surface area contributed by atoms with Gasteiger partial charge in [0.1, 0.15) is 0 Å². The van der Waals surface area contributed by atoms with E-state index in [0.717, 1.165) is 35.4 Å². The quantitative estimate of drug-likeness (QED) is 0.527. The van der Waals surface area contributed by atoms with E-state index in [1.54, 1.807) is 11.6 Å². The van der Waals surface area contributed by atoms with E-state index in [1.807, 2.05) is 32.0 Å². The SMILES string of the molecule is CCCCOc1ccc(CNC(=O)Cc2c(C)nc3cc(=O)[nH]n3c2C)cc1OC. The molecule has 0 bridgehead atoms. The van der Waals surface area contributed by atoms with Gasteiger partial charge in [0.05, 0.1) is 20.1 Å². The number of unbranched alkanes of at least 4 members (excludes halogenated alkanes) is 1. The van der Waals surface area contributed by atoms with E-state index in [2.05, 4.69) is 22.3 Å². The van der Waals surface area contributed by atoms with Gasteiger partial charge in [0.15, 0.2) is 17.1 Å². The van der Waals surface area contributed by atoms with Crippen LogP contribution in [0.1, 0.15) is 42.3 Å². The zero-order valence-corrected chi connectivity index (χ0v) is 17.9. The molecule has 2 heterocycles. The van der Waals surface area contributed by atoms with Crippen LogP contribution in [0.4, 0.5) is 0 Å². The van der Waals surface area contributed by atoms with Gasteiger partial charge in [-0.1, -0.05) is 19.4 Å². The second-order valence-corrected chi connectivity index (χ2v) is 7.22. The fourth-order valence-corrected chi connectivity index (χ4v) is 3.30. The van der Waals surface area contributed by atoms with Crippen LogP contribution < -0.4 is 20.3 Å². The van der Waals surface area contributed by atoms with Crippen molar-refractivity contribution in [3.63, 3.8) is 0 Å². The molecule has 0 aliphatic carbocycles. The first kappa shape index (κ1) is 21.4. The number of hydrogen-bond donors (Lipinski definition) is 2. The number of carbonyl (C=O) groups excluding carboxylic acids is 1. The van der Waals surface area contributed by atoms with E-state index >= 15 is 0 Å². The number of aromatic amines is 1. The fraction of sp³-hybridized carbons (Fsp3) is 0.409. The third-order valence-electron chi connectivity index (χ3n) is 5.01. The molecule has 160 valence electrons. The summed E-state index contributed by atoms with van der Waals surface area (Å²) in [7, 11) is 1.60. The summed E-state index contributed by atoms with van der Waals surface area (Å²) < 4.78 is 12.8.